The highest BCUT2D eigenvalue weighted by atomic mass is 32.2. The predicted octanol–water partition coefficient (Wildman–Crippen LogP) is 4.50. The Morgan fingerprint density at radius 3 is 2.43 bits per heavy atom. The second-order valence-corrected chi connectivity index (χ2v) is 5.54. The van der Waals surface area contributed by atoms with Gasteiger partial charge in [0.2, 0.25) is 0 Å². The molecule has 0 radical (unpaired) electrons. The third kappa shape index (κ3) is 4.22. The van der Waals surface area contributed by atoms with Crippen molar-refractivity contribution >= 4 is 11.8 Å². The van der Waals surface area contributed by atoms with Crippen LogP contribution in [0, 0.1) is 5.82 Å². The van der Waals surface area contributed by atoms with Crippen molar-refractivity contribution in [3.05, 3.63) is 59.4 Å². The molecule has 21 heavy (non-hydrogen) atoms. The molecular weight excluding hydrogens is 302 g/mol. The molecule has 0 fully saturated rings. The quantitative estimate of drug-likeness (QED) is 0.841. The van der Waals surface area contributed by atoms with Gasteiger partial charge in [-0.25, -0.2) is 4.39 Å². The highest BCUT2D eigenvalue weighted by molar-refractivity contribution is 7.99. The third-order valence-corrected chi connectivity index (χ3v) is 3.87. The lowest BCUT2D eigenvalue weighted by atomic mass is 10.1. The number of alkyl halides is 3. The molecule has 0 aliphatic carbocycles. The molecule has 0 bridgehead atoms. The Kier molecular flexibility index (Phi) is 4.90. The van der Waals surface area contributed by atoms with Gasteiger partial charge in [-0.2, -0.15) is 13.2 Å². The molecular formula is C15H13F4NS. The minimum absolute atomic E-state index is 0.0499. The van der Waals surface area contributed by atoms with Gasteiger partial charge in [-0.05, 0) is 48.9 Å². The van der Waals surface area contributed by atoms with E-state index in [1.807, 2.05) is 0 Å². The van der Waals surface area contributed by atoms with E-state index in [-0.39, 0.29) is 11.4 Å². The normalized spacial score (nSPS) is 11.7. The summed E-state index contributed by atoms with van der Waals surface area (Å²) in [7, 11) is 0. The van der Waals surface area contributed by atoms with Gasteiger partial charge in [0.15, 0.2) is 0 Å². The Bertz CT molecular complexity index is 625. The zero-order valence-electron chi connectivity index (χ0n) is 11.0. The van der Waals surface area contributed by atoms with Gasteiger partial charge >= 0.3 is 6.18 Å². The van der Waals surface area contributed by atoms with Crippen molar-refractivity contribution in [2.24, 2.45) is 5.73 Å². The van der Waals surface area contributed by atoms with Crippen molar-refractivity contribution in [1.29, 1.82) is 0 Å². The Hall–Kier alpha value is -1.53. The molecule has 0 atom stereocenters. The highest BCUT2D eigenvalue weighted by Gasteiger charge is 2.33. The molecule has 0 saturated carbocycles. The van der Waals surface area contributed by atoms with Gasteiger partial charge in [-0.1, -0.05) is 23.9 Å². The Labute approximate surface area is 124 Å². The van der Waals surface area contributed by atoms with Gasteiger partial charge in [0.1, 0.15) is 5.82 Å². The topological polar surface area (TPSA) is 26.0 Å². The molecule has 2 rings (SSSR count). The summed E-state index contributed by atoms with van der Waals surface area (Å²) in [5, 5.41) is 0. The first-order valence-electron chi connectivity index (χ1n) is 6.24. The number of hydrogen-bond acceptors (Lipinski definition) is 2. The molecule has 0 aliphatic heterocycles. The lowest BCUT2D eigenvalue weighted by molar-refractivity contribution is -0.139. The molecule has 2 aromatic carbocycles. The minimum Gasteiger partial charge on any atom is -0.330 e. The molecule has 6 heteroatoms. The van der Waals surface area contributed by atoms with E-state index in [9.17, 15) is 17.6 Å². The van der Waals surface area contributed by atoms with E-state index in [2.05, 4.69) is 0 Å². The van der Waals surface area contributed by atoms with Crippen molar-refractivity contribution in [3.8, 4) is 0 Å². The van der Waals surface area contributed by atoms with Gasteiger partial charge < -0.3 is 5.73 Å². The molecule has 0 aliphatic rings. The largest absolute Gasteiger partial charge is 0.417 e. The fraction of sp³-hybridized carbons (Fsp3) is 0.200. The van der Waals surface area contributed by atoms with E-state index in [4.69, 9.17) is 5.73 Å². The van der Waals surface area contributed by atoms with E-state index in [0.717, 1.165) is 17.8 Å². The van der Waals surface area contributed by atoms with Crippen LogP contribution in [0.4, 0.5) is 17.6 Å². The van der Waals surface area contributed by atoms with Crippen LogP contribution in [0.25, 0.3) is 0 Å². The van der Waals surface area contributed by atoms with Crippen LogP contribution in [0.5, 0.6) is 0 Å². The molecule has 0 amide bonds. The summed E-state index contributed by atoms with van der Waals surface area (Å²) in [6.07, 6.45) is -4.08. The number of rotatable bonds is 4. The molecule has 2 aromatic rings. The molecule has 112 valence electrons. The summed E-state index contributed by atoms with van der Waals surface area (Å²) in [6.45, 7) is 0.285. The molecule has 0 spiro atoms. The summed E-state index contributed by atoms with van der Waals surface area (Å²) in [4.78, 5) is 0.473. The van der Waals surface area contributed by atoms with E-state index in [1.54, 1.807) is 12.1 Å². The first-order chi connectivity index (χ1) is 9.90. The zero-order chi connectivity index (χ0) is 15.5. The summed E-state index contributed by atoms with van der Waals surface area (Å²) in [5.41, 5.74) is 5.19. The molecule has 0 aromatic heterocycles. The Balaban J connectivity index is 2.38. The standard InChI is InChI=1S/C15H13F4NS/c16-11-2-1-3-12(9-11)21-14-5-4-10(6-7-20)8-13(14)15(17,18)19/h1-5,8-9H,6-7,20H2. The first-order valence-corrected chi connectivity index (χ1v) is 7.05. The van der Waals surface area contributed by atoms with Crippen molar-refractivity contribution in [3.63, 3.8) is 0 Å². The monoisotopic (exact) mass is 315 g/mol. The van der Waals surface area contributed by atoms with Gasteiger partial charge in [0.05, 0.1) is 5.56 Å². The fourth-order valence-corrected chi connectivity index (χ4v) is 2.86. The average molecular weight is 315 g/mol. The second kappa shape index (κ2) is 6.49. The molecule has 0 heterocycles. The van der Waals surface area contributed by atoms with Crippen LogP contribution >= 0.6 is 11.8 Å². The van der Waals surface area contributed by atoms with E-state index in [0.29, 0.717) is 16.9 Å². The fourth-order valence-electron chi connectivity index (χ4n) is 1.87. The minimum atomic E-state index is -4.46. The zero-order valence-corrected chi connectivity index (χ0v) is 11.8. The summed E-state index contributed by atoms with van der Waals surface area (Å²) >= 11 is 0.891. The van der Waals surface area contributed by atoms with Gasteiger partial charge in [-0.3, -0.25) is 0 Å². The number of hydrogen-bond donors (Lipinski definition) is 1. The average Bonchev–Trinajstić information content (AvgIpc) is 2.39. The molecule has 2 N–H and O–H groups in total. The van der Waals surface area contributed by atoms with E-state index in [1.165, 1.54) is 24.3 Å². The lowest BCUT2D eigenvalue weighted by Gasteiger charge is -2.14. The van der Waals surface area contributed by atoms with Crippen LogP contribution in [0.2, 0.25) is 0 Å². The Morgan fingerprint density at radius 1 is 1.05 bits per heavy atom. The van der Waals surface area contributed by atoms with Gasteiger partial charge in [0, 0.05) is 9.79 Å². The van der Waals surface area contributed by atoms with Gasteiger partial charge in [-0.15, -0.1) is 0 Å². The summed E-state index contributed by atoms with van der Waals surface area (Å²) in [5.74, 6) is -0.478. The van der Waals surface area contributed by atoms with Crippen molar-refractivity contribution in [2.45, 2.75) is 22.4 Å². The predicted molar refractivity (Wildman–Crippen MR) is 74.7 cm³/mol. The summed E-state index contributed by atoms with van der Waals surface area (Å²) in [6, 6.07) is 9.62. The summed E-state index contributed by atoms with van der Waals surface area (Å²) < 4.78 is 52.5. The van der Waals surface area contributed by atoms with Crippen molar-refractivity contribution < 1.29 is 17.6 Å². The van der Waals surface area contributed by atoms with Crippen LogP contribution in [0.15, 0.2) is 52.3 Å². The SMILES string of the molecule is NCCc1ccc(Sc2cccc(F)c2)c(C(F)(F)F)c1. The van der Waals surface area contributed by atoms with Crippen LogP contribution in [-0.2, 0) is 12.6 Å². The first kappa shape index (κ1) is 15.9. The van der Waals surface area contributed by atoms with Crippen LogP contribution < -0.4 is 5.73 Å². The molecule has 1 nitrogen and oxygen atoms in total. The van der Waals surface area contributed by atoms with Crippen LogP contribution in [0.3, 0.4) is 0 Å². The number of halogens is 4. The maximum Gasteiger partial charge on any atom is 0.417 e. The maximum absolute atomic E-state index is 13.1. The third-order valence-electron chi connectivity index (χ3n) is 2.81. The second-order valence-electron chi connectivity index (χ2n) is 4.43. The maximum atomic E-state index is 13.1. The van der Waals surface area contributed by atoms with Crippen LogP contribution in [-0.4, -0.2) is 6.54 Å². The van der Waals surface area contributed by atoms with E-state index >= 15 is 0 Å². The van der Waals surface area contributed by atoms with Crippen molar-refractivity contribution in [2.75, 3.05) is 6.54 Å². The Morgan fingerprint density at radius 2 is 1.81 bits per heavy atom. The van der Waals surface area contributed by atoms with Gasteiger partial charge in [0.25, 0.3) is 0 Å². The van der Waals surface area contributed by atoms with E-state index < -0.39 is 17.6 Å². The number of benzene rings is 2. The smallest absolute Gasteiger partial charge is 0.330 e. The highest BCUT2D eigenvalue weighted by Crippen LogP contribution is 2.40. The van der Waals surface area contributed by atoms with Crippen molar-refractivity contribution in [1.82, 2.24) is 0 Å². The lowest BCUT2D eigenvalue weighted by Crippen LogP contribution is -2.09. The van der Waals surface area contributed by atoms with Crippen LogP contribution in [0.1, 0.15) is 11.1 Å². The molecule has 0 unspecified atom stereocenters. The molecule has 0 saturated heterocycles. The number of nitrogens with two attached hydrogens (primary N) is 1.